The van der Waals surface area contributed by atoms with Gasteiger partial charge in [0, 0.05) is 6.07 Å². The van der Waals surface area contributed by atoms with Crippen molar-refractivity contribution in [3.8, 4) is 5.88 Å². The fraction of sp³-hybridized carbons (Fsp3) is 0.615. The lowest BCUT2D eigenvalue weighted by Crippen LogP contribution is -2.12. The minimum Gasteiger partial charge on any atom is -0.475 e. The molecule has 0 fully saturated rings. The summed E-state index contributed by atoms with van der Waals surface area (Å²) in [6.45, 7) is 4.30. The van der Waals surface area contributed by atoms with Crippen molar-refractivity contribution in [3.63, 3.8) is 0 Å². The fourth-order valence-corrected chi connectivity index (χ4v) is 1.62. The van der Waals surface area contributed by atoms with Crippen molar-refractivity contribution in [2.24, 2.45) is 0 Å². The van der Waals surface area contributed by atoms with Crippen molar-refractivity contribution in [2.75, 3.05) is 5.73 Å². The molecule has 0 amide bonds. The van der Waals surface area contributed by atoms with E-state index in [0.717, 1.165) is 6.42 Å². The van der Waals surface area contributed by atoms with Crippen molar-refractivity contribution in [3.05, 3.63) is 18.2 Å². The Labute approximate surface area is 98.0 Å². The molecule has 1 aromatic heterocycles. The highest BCUT2D eigenvalue weighted by Gasteiger charge is 2.04. The maximum absolute atomic E-state index is 5.68. The summed E-state index contributed by atoms with van der Waals surface area (Å²) in [4.78, 5) is 4.11. The van der Waals surface area contributed by atoms with E-state index in [9.17, 15) is 0 Å². The van der Waals surface area contributed by atoms with E-state index in [1.54, 1.807) is 6.07 Å². The zero-order chi connectivity index (χ0) is 11.8. The Hall–Kier alpha value is -1.25. The molecule has 0 saturated carbocycles. The molecule has 1 aromatic rings. The van der Waals surface area contributed by atoms with Gasteiger partial charge in [0.1, 0.15) is 5.82 Å². The van der Waals surface area contributed by atoms with Crippen LogP contribution in [0.1, 0.15) is 46.0 Å². The van der Waals surface area contributed by atoms with Crippen LogP contribution in [0.2, 0.25) is 0 Å². The third-order valence-electron chi connectivity index (χ3n) is 2.53. The summed E-state index contributed by atoms with van der Waals surface area (Å²) in [6.07, 6.45) is 6.38. The molecule has 0 aromatic carbocycles. The van der Waals surface area contributed by atoms with Crippen LogP contribution in [-0.4, -0.2) is 11.1 Å². The lowest BCUT2D eigenvalue weighted by molar-refractivity contribution is 0.198. The van der Waals surface area contributed by atoms with Gasteiger partial charge in [0.2, 0.25) is 5.88 Å². The van der Waals surface area contributed by atoms with Gasteiger partial charge in [-0.2, -0.15) is 4.98 Å². The standard InChI is InChI=1S/C13H22N2O/c1-3-4-5-6-8-11(2)16-13-10-7-9-12(14)15-13/h7,9-11H,3-6,8H2,1-2H3,(H2,14,15). The largest absolute Gasteiger partial charge is 0.475 e. The number of hydrogen-bond acceptors (Lipinski definition) is 3. The van der Waals surface area contributed by atoms with Crippen molar-refractivity contribution in [2.45, 2.75) is 52.1 Å². The van der Waals surface area contributed by atoms with Crippen molar-refractivity contribution < 1.29 is 4.74 Å². The molecule has 1 rings (SSSR count). The van der Waals surface area contributed by atoms with Gasteiger partial charge in [0.15, 0.2) is 0 Å². The second kappa shape index (κ2) is 7.09. The molecular formula is C13H22N2O. The van der Waals surface area contributed by atoms with Gasteiger partial charge in [-0.25, -0.2) is 0 Å². The summed E-state index contributed by atoms with van der Waals surface area (Å²) in [5.74, 6) is 1.14. The average Bonchev–Trinajstić information content (AvgIpc) is 2.24. The van der Waals surface area contributed by atoms with E-state index < -0.39 is 0 Å². The topological polar surface area (TPSA) is 48.1 Å². The van der Waals surface area contributed by atoms with Crippen molar-refractivity contribution in [1.82, 2.24) is 4.98 Å². The third-order valence-corrected chi connectivity index (χ3v) is 2.53. The van der Waals surface area contributed by atoms with Crippen LogP contribution in [-0.2, 0) is 0 Å². The fourth-order valence-electron chi connectivity index (χ4n) is 1.62. The van der Waals surface area contributed by atoms with E-state index in [1.165, 1.54) is 25.7 Å². The number of nitrogens with zero attached hydrogens (tertiary/aromatic N) is 1. The first kappa shape index (κ1) is 12.8. The molecule has 2 N–H and O–H groups in total. The van der Waals surface area contributed by atoms with Gasteiger partial charge >= 0.3 is 0 Å². The minimum absolute atomic E-state index is 0.214. The number of unbranched alkanes of at least 4 members (excludes halogenated alkanes) is 3. The zero-order valence-electron chi connectivity index (χ0n) is 10.3. The van der Waals surface area contributed by atoms with E-state index in [2.05, 4.69) is 18.8 Å². The summed E-state index contributed by atoms with van der Waals surface area (Å²) in [5.41, 5.74) is 5.58. The molecule has 0 aliphatic carbocycles. The Morgan fingerprint density at radius 3 is 2.81 bits per heavy atom. The SMILES string of the molecule is CCCCCCC(C)Oc1cccc(N)n1. The molecule has 3 heteroatoms. The Morgan fingerprint density at radius 1 is 1.31 bits per heavy atom. The van der Waals surface area contributed by atoms with Gasteiger partial charge in [-0.05, 0) is 25.8 Å². The Bertz CT molecular complexity index is 302. The molecular weight excluding hydrogens is 200 g/mol. The highest BCUT2D eigenvalue weighted by molar-refractivity contribution is 5.31. The molecule has 1 unspecified atom stereocenters. The van der Waals surface area contributed by atoms with Gasteiger partial charge in [-0.1, -0.05) is 32.3 Å². The predicted molar refractivity (Wildman–Crippen MR) is 67.5 cm³/mol. The van der Waals surface area contributed by atoms with Crippen LogP contribution in [0.3, 0.4) is 0 Å². The first-order valence-electron chi connectivity index (χ1n) is 6.11. The lowest BCUT2D eigenvalue weighted by atomic mass is 10.1. The second-order valence-corrected chi connectivity index (χ2v) is 4.18. The van der Waals surface area contributed by atoms with E-state index >= 15 is 0 Å². The van der Waals surface area contributed by atoms with Crippen LogP contribution >= 0.6 is 0 Å². The summed E-state index contributed by atoms with van der Waals surface area (Å²) in [6, 6.07) is 5.47. The molecule has 0 aliphatic rings. The average molecular weight is 222 g/mol. The third kappa shape index (κ3) is 5.01. The van der Waals surface area contributed by atoms with Gasteiger partial charge in [-0.3, -0.25) is 0 Å². The van der Waals surface area contributed by atoms with Crippen LogP contribution in [0.5, 0.6) is 5.88 Å². The maximum atomic E-state index is 5.68. The summed E-state index contributed by atoms with van der Waals surface area (Å²) in [5, 5.41) is 0. The number of ether oxygens (including phenoxy) is 1. The first-order valence-corrected chi connectivity index (χ1v) is 6.11. The number of nitrogen functional groups attached to an aromatic ring is 1. The van der Waals surface area contributed by atoms with Crippen LogP contribution < -0.4 is 10.5 Å². The molecule has 3 nitrogen and oxygen atoms in total. The minimum atomic E-state index is 0.214. The smallest absolute Gasteiger partial charge is 0.215 e. The lowest BCUT2D eigenvalue weighted by Gasteiger charge is -2.13. The number of aromatic nitrogens is 1. The summed E-state index contributed by atoms with van der Waals surface area (Å²) >= 11 is 0. The zero-order valence-corrected chi connectivity index (χ0v) is 10.3. The number of hydrogen-bond donors (Lipinski definition) is 1. The van der Waals surface area contributed by atoms with Crippen molar-refractivity contribution in [1.29, 1.82) is 0 Å². The van der Waals surface area contributed by atoms with Crippen molar-refractivity contribution >= 4 is 5.82 Å². The Kier molecular flexibility index (Phi) is 5.68. The van der Waals surface area contributed by atoms with Gasteiger partial charge in [-0.15, -0.1) is 0 Å². The number of nitrogens with two attached hydrogens (primary N) is 1. The monoisotopic (exact) mass is 222 g/mol. The van der Waals surface area contributed by atoms with E-state index in [-0.39, 0.29) is 6.10 Å². The molecule has 1 atom stereocenters. The van der Waals surface area contributed by atoms with Crippen LogP contribution in [0.25, 0.3) is 0 Å². The molecule has 0 aliphatic heterocycles. The van der Waals surface area contributed by atoms with Gasteiger partial charge in [0.05, 0.1) is 6.10 Å². The molecule has 90 valence electrons. The second-order valence-electron chi connectivity index (χ2n) is 4.18. The number of rotatable bonds is 7. The van der Waals surface area contributed by atoms with E-state index in [4.69, 9.17) is 10.5 Å². The van der Waals surface area contributed by atoms with Gasteiger partial charge in [0.25, 0.3) is 0 Å². The molecule has 0 radical (unpaired) electrons. The van der Waals surface area contributed by atoms with E-state index in [1.807, 2.05) is 12.1 Å². The van der Waals surface area contributed by atoms with Gasteiger partial charge < -0.3 is 10.5 Å². The normalized spacial score (nSPS) is 12.4. The highest BCUT2D eigenvalue weighted by atomic mass is 16.5. The summed E-state index contributed by atoms with van der Waals surface area (Å²) < 4.78 is 5.68. The molecule has 0 bridgehead atoms. The summed E-state index contributed by atoms with van der Waals surface area (Å²) in [7, 11) is 0. The molecule has 0 saturated heterocycles. The van der Waals surface area contributed by atoms with Crippen LogP contribution in [0.15, 0.2) is 18.2 Å². The van der Waals surface area contributed by atoms with E-state index in [0.29, 0.717) is 11.7 Å². The van der Waals surface area contributed by atoms with Crippen LogP contribution in [0, 0.1) is 0 Å². The number of anilines is 1. The maximum Gasteiger partial charge on any atom is 0.215 e. The van der Waals surface area contributed by atoms with Crippen LogP contribution in [0.4, 0.5) is 5.82 Å². The highest BCUT2D eigenvalue weighted by Crippen LogP contribution is 2.14. The molecule has 16 heavy (non-hydrogen) atoms. The Balaban J connectivity index is 2.25. The first-order chi connectivity index (χ1) is 7.72. The quantitative estimate of drug-likeness (QED) is 0.719. The molecule has 1 heterocycles. The predicted octanol–water partition coefficient (Wildman–Crippen LogP) is 3.40. The molecule has 0 spiro atoms. The number of pyridine rings is 1. The Morgan fingerprint density at radius 2 is 2.12 bits per heavy atom.